The lowest BCUT2D eigenvalue weighted by Gasteiger charge is -2.47. The minimum atomic E-state index is -0.0120. The molecule has 0 saturated carbocycles. The number of likely N-dealkylation sites (tertiary alicyclic amines) is 1. The summed E-state index contributed by atoms with van der Waals surface area (Å²) in [7, 11) is 0. The maximum Gasteiger partial charge on any atom is 0.319 e. The Morgan fingerprint density at radius 1 is 1.00 bits per heavy atom. The standard InChI is InChI=1S/C34H33Cl2N5O2/c1-2-30(42)40-16-11-28-29(40)19-41(28)32-24-17-26(36)23(22-9-3-7-21-8-4-10-25(35)31(21)22)18-27(24)37-33(38-32)43-20-34-12-5-14-39(34)15-6-13-34/h2-4,7-10,17-18,28-29H,1,5-6,11-16,19-20H2/t28-,29+/m0/s1. The highest BCUT2D eigenvalue weighted by atomic mass is 35.5. The average molecular weight is 615 g/mol. The maximum atomic E-state index is 12.5. The molecule has 4 aliphatic heterocycles. The first kappa shape index (κ1) is 27.2. The van der Waals surface area contributed by atoms with Gasteiger partial charge >= 0.3 is 6.01 Å². The lowest BCUT2D eigenvalue weighted by Crippen LogP contribution is -2.63. The summed E-state index contributed by atoms with van der Waals surface area (Å²) in [5, 5.41) is 4.18. The van der Waals surface area contributed by atoms with Gasteiger partial charge in [-0.1, -0.05) is 60.1 Å². The number of hydrogen-bond acceptors (Lipinski definition) is 6. The first-order chi connectivity index (χ1) is 21.0. The number of halogens is 2. The summed E-state index contributed by atoms with van der Waals surface area (Å²) in [5.74, 6) is 0.799. The SMILES string of the molecule is C=CC(=O)N1CC[C@H]2[C@H]1CN2c1nc(OCC23CCCN2CCC3)nc2cc(-c3cccc4cccc(Cl)c34)c(Cl)cc12. The minimum Gasteiger partial charge on any atom is -0.461 e. The smallest absolute Gasteiger partial charge is 0.319 e. The van der Waals surface area contributed by atoms with Crippen LogP contribution in [0.5, 0.6) is 6.01 Å². The first-order valence-electron chi connectivity index (χ1n) is 15.2. The number of carbonyl (C=O) groups excluding carboxylic acids is 1. The molecule has 4 fully saturated rings. The second-order valence-corrected chi connectivity index (χ2v) is 13.2. The van der Waals surface area contributed by atoms with Crippen molar-refractivity contribution in [1.29, 1.82) is 0 Å². The van der Waals surface area contributed by atoms with E-state index in [1.807, 2.05) is 35.2 Å². The molecule has 0 bridgehead atoms. The van der Waals surface area contributed by atoms with Gasteiger partial charge in [0.1, 0.15) is 12.4 Å². The van der Waals surface area contributed by atoms with Gasteiger partial charge in [-0.3, -0.25) is 9.69 Å². The lowest BCUT2D eigenvalue weighted by atomic mass is 9.95. The summed E-state index contributed by atoms with van der Waals surface area (Å²) in [6.45, 7) is 7.97. The van der Waals surface area contributed by atoms with Crippen LogP contribution in [0.4, 0.5) is 5.82 Å². The number of rotatable bonds is 6. The highest BCUT2D eigenvalue weighted by molar-refractivity contribution is 6.38. The van der Waals surface area contributed by atoms with Crippen molar-refractivity contribution < 1.29 is 9.53 Å². The number of fused-ring (bicyclic) bond motifs is 4. The molecule has 4 aliphatic rings. The van der Waals surface area contributed by atoms with Gasteiger partial charge in [0.25, 0.3) is 0 Å². The van der Waals surface area contributed by atoms with Gasteiger partial charge in [-0.05, 0) is 80.4 Å². The van der Waals surface area contributed by atoms with Gasteiger partial charge in [-0.15, -0.1) is 0 Å². The van der Waals surface area contributed by atoms with Gasteiger partial charge in [0.15, 0.2) is 0 Å². The van der Waals surface area contributed by atoms with Crippen molar-refractivity contribution >= 4 is 56.6 Å². The van der Waals surface area contributed by atoms with Gasteiger partial charge in [0.05, 0.1) is 23.1 Å². The molecule has 0 spiro atoms. The number of anilines is 1. The van der Waals surface area contributed by atoms with Gasteiger partial charge < -0.3 is 14.5 Å². The molecule has 0 aliphatic carbocycles. The molecule has 43 heavy (non-hydrogen) atoms. The zero-order valence-electron chi connectivity index (χ0n) is 23.9. The van der Waals surface area contributed by atoms with Gasteiger partial charge in [-0.25, -0.2) is 0 Å². The summed E-state index contributed by atoms with van der Waals surface area (Å²) < 4.78 is 6.49. The van der Waals surface area contributed by atoms with Gasteiger partial charge in [0.2, 0.25) is 5.91 Å². The molecule has 4 aromatic rings. The molecule has 0 unspecified atom stereocenters. The van der Waals surface area contributed by atoms with Crippen LogP contribution >= 0.6 is 23.2 Å². The van der Waals surface area contributed by atoms with Crippen LogP contribution in [0.2, 0.25) is 10.0 Å². The van der Waals surface area contributed by atoms with E-state index < -0.39 is 0 Å². The second kappa shape index (κ2) is 10.4. The minimum absolute atomic E-state index is 0.0120. The average Bonchev–Trinajstić information content (AvgIpc) is 3.68. The van der Waals surface area contributed by atoms with E-state index in [9.17, 15) is 4.79 Å². The number of ether oxygens (including phenoxy) is 1. The van der Waals surface area contributed by atoms with Gasteiger partial charge in [-0.2, -0.15) is 9.97 Å². The Labute approximate surface area is 261 Å². The maximum absolute atomic E-state index is 12.5. The molecule has 0 radical (unpaired) electrons. The molecule has 7 nitrogen and oxygen atoms in total. The highest BCUT2D eigenvalue weighted by Gasteiger charge is 2.49. The third kappa shape index (κ3) is 4.31. The normalized spacial score (nSPS) is 22.6. The van der Waals surface area contributed by atoms with E-state index in [2.05, 4.69) is 34.6 Å². The fraction of sp³-hybridized carbons (Fsp3) is 0.382. The Hall–Kier alpha value is -3.39. The van der Waals surface area contributed by atoms with Crippen molar-refractivity contribution in [3.05, 3.63) is 71.2 Å². The number of nitrogens with zero attached hydrogens (tertiary/aromatic N) is 5. The molecule has 2 atom stereocenters. The third-order valence-corrected chi connectivity index (χ3v) is 10.8. The fourth-order valence-corrected chi connectivity index (χ4v) is 8.59. The van der Waals surface area contributed by atoms with Crippen molar-refractivity contribution in [3.8, 4) is 17.1 Å². The Morgan fingerprint density at radius 2 is 1.79 bits per heavy atom. The molecule has 1 aromatic heterocycles. The summed E-state index contributed by atoms with van der Waals surface area (Å²) in [6.07, 6.45) is 7.01. The Bertz CT molecular complexity index is 1780. The molecule has 0 N–H and O–H groups in total. The number of amides is 1. The number of carbonyl (C=O) groups is 1. The summed E-state index contributed by atoms with van der Waals surface area (Å²) in [6, 6.07) is 16.8. The predicted molar refractivity (Wildman–Crippen MR) is 172 cm³/mol. The van der Waals surface area contributed by atoms with Crippen molar-refractivity contribution in [3.63, 3.8) is 0 Å². The first-order valence-corrected chi connectivity index (χ1v) is 16.0. The number of aromatic nitrogens is 2. The van der Waals surface area contributed by atoms with Crippen LogP contribution in [0.15, 0.2) is 61.2 Å². The molecule has 9 heteroatoms. The van der Waals surface area contributed by atoms with E-state index >= 15 is 0 Å². The number of benzene rings is 3. The van der Waals surface area contributed by atoms with Crippen molar-refractivity contribution in [2.75, 3.05) is 37.7 Å². The van der Waals surface area contributed by atoms with Crippen LogP contribution in [0.1, 0.15) is 32.1 Å². The second-order valence-electron chi connectivity index (χ2n) is 12.3. The molecule has 1 amide bonds. The van der Waals surface area contributed by atoms with Crippen LogP contribution in [-0.4, -0.2) is 76.1 Å². The summed E-state index contributed by atoms with van der Waals surface area (Å²) in [5.41, 5.74) is 2.69. The van der Waals surface area contributed by atoms with Crippen molar-refractivity contribution in [1.82, 2.24) is 19.8 Å². The molecule has 220 valence electrons. The van der Waals surface area contributed by atoms with Crippen LogP contribution in [0.3, 0.4) is 0 Å². The van der Waals surface area contributed by atoms with E-state index in [1.165, 1.54) is 18.9 Å². The molecule has 4 saturated heterocycles. The van der Waals surface area contributed by atoms with E-state index in [4.69, 9.17) is 37.9 Å². The Kier molecular flexibility index (Phi) is 6.55. The van der Waals surface area contributed by atoms with Crippen LogP contribution in [-0.2, 0) is 4.79 Å². The van der Waals surface area contributed by atoms with Crippen molar-refractivity contribution in [2.45, 2.75) is 49.7 Å². The predicted octanol–water partition coefficient (Wildman–Crippen LogP) is 6.74. The monoisotopic (exact) mass is 613 g/mol. The zero-order chi connectivity index (χ0) is 29.3. The number of hydrogen-bond donors (Lipinski definition) is 0. The summed E-state index contributed by atoms with van der Waals surface area (Å²) >= 11 is 13.8. The molecule has 5 heterocycles. The molecular weight excluding hydrogens is 581 g/mol. The highest BCUT2D eigenvalue weighted by Crippen LogP contribution is 2.44. The third-order valence-electron chi connectivity index (χ3n) is 10.2. The topological polar surface area (TPSA) is 61.8 Å². The summed E-state index contributed by atoms with van der Waals surface area (Å²) in [4.78, 5) is 29.3. The van der Waals surface area contributed by atoms with E-state index in [0.29, 0.717) is 35.8 Å². The van der Waals surface area contributed by atoms with E-state index in [-0.39, 0.29) is 23.5 Å². The van der Waals surface area contributed by atoms with Crippen LogP contribution in [0.25, 0.3) is 32.8 Å². The van der Waals surface area contributed by atoms with Gasteiger partial charge in [0, 0.05) is 39.5 Å². The Morgan fingerprint density at radius 3 is 2.58 bits per heavy atom. The molecular formula is C34H33Cl2N5O2. The van der Waals surface area contributed by atoms with Crippen molar-refractivity contribution in [2.24, 2.45) is 0 Å². The largest absolute Gasteiger partial charge is 0.461 e. The molecule has 3 aromatic carbocycles. The van der Waals surface area contributed by atoms with E-state index in [0.717, 1.165) is 71.0 Å². The van der Waals surface area contributed by atoms with Crippen LogP contribution < -0.4 is 9.64 Å². The molecule has 8 rings (SSSR count). The lowest BCUT2D eigenvalue weighted by molar-refractivity contribution is -0.127. The fourth-order valence-electron chi connectivity index (χ4n) is 8.04. The zero-order valence-corrected chi connectivity index (χ0v) is 25.4. The van der Waals surface area contributed by atoms with Crippen LogP contribution in [0, 0.1) is 0 Å². The Balaban J connectivity index is 1.22. The quantitative estimate of drug-likeness (QED) is 0.224. The van der Waals surface area contributed by atoms with E-state index in [1.54, 1.807) is 0 Å².